The third-order valence-corrected chi connectivity index (χ3v) is 3.18. The number of aliphatic hydroxyl groups is 2. The van der Waals surface area contributed by atoms with Gasteiger partial charge in [0, 0.05) is 23.4 Å². The van der Waals surface area contributed by atoms with E-state index in [4.69, 9.17) is 10.2 Å². The summed E-state index contributed by atoms with van der Waals surface area (Å²) in [6.45, 7) is 0. The summed E-state index contributed by atoms with van der Waals surface area (Å²) in [5, 5.41) is 21.1. The van der Waals surface area contributed by atoms with Gasteiger partial charge in [-0.15, -0.1) is 0 Å². The average molecular weight is 301 g/mol. The van der Waals surface area contributed by atoms with Crippen LogP contribution >= 0.6 is 0 Å². The maximum Gasteiger partial charge on any atom is 0.273 e. The van der Waals surface area contributed by atoms with E-state index in [1.807, 2.05) is 0 Å². The monoisotopic (exact) mass is 301 g/mol. The number of halogens is 1. The van der Waals surface area contributed by atoms with Crippen LogP contribution in [0.1, 0.15) is 11.9 Å². The first-order valence-electron chi connectivity index (χ1n) is 6.45. The molecule has 0 atom stereocenters. The van der Waals surface area contributed by atoms with E-state index in [1.165, 1.54) is 30.5 Å². The lowest BCUT2D eigenvalue weighted by molar-refractivity contribution is -0.0425. The Balaban J connectivity index is 2.09. The fourth-order valence-electron chi connectivity index (χ4n) is 2.10. The number of pyridine rings is 1. The minimum Gasteiger partial charge on any atom is -0.364 e. The van der Waals surface area contributed by atoms with Gasteiger partial charge in [-0.25, -0.2) is 14.1 Å². The van der Waals surface area contributed by atoms with Gasteiger partial charge in [-0.2, -0.15) is 0 Å². The van der Waals surface area contributed by atoms with Crippen LogP contribution in [-0.4, -0.2) is 25.0 Å². The lowest BCUT2D eigenvalue weighted by Gasteiger charge is -2.06. The van der Waals surface area contributed by atoms with Gasteiger partial charge in [0.05, 0.1) is 5.69 Å². The number of rotatable bonds is 3. The van der Waals surface area contributed by atoms with E-state index >= 15 is 0 Å². The van der Waals surface area contributed by atoms with Gasteiger partial charge in [-0.1, -0.05) is 12.1 Å². The highest BCUT2D eigenvalue weighted by atomic mass is 19.1. The van der Waals surface area contributed by atoms with E-state index in [9.17, 15) is 9.18 Å². The van der Waals surface area contributed by atoms with Crippen LogP contribution in [0.5, 0.6) is 0 Å². The first-order chi connectivity index (χ1) is 10.6. The van der Waals surface area contributed by atoms with Crippen LogP contribution < -0.4 is 5.56 Å². The molecule has 0 aliphatic carbocycles. The first kappa shape index (κ1) is 14.2. The molecule has 1 aromatic carbocycles. The average Bonchev–Trinajstić information content (AvgIpc) is 2.89. The van der Waals surface area contributed by atoms with Gasteiger partial charge in [0.1, 0.15) is 5.82 Å². The quantitative estimate of drug-likeness (QED) is 0.637. The molecule has 7 heteroatoms. The first-order valence-corrected chi connectivity index (χ1v) is 6.45. The van der Waals surface area contributed by atoms with E-state index in [0.717, 1.165) is 4.68 Å². The second-order valence-corrected chi connectivity index (χ2v) is 4.64. The minimum atomic E-state index is -1.67. The van der Waals surface area contributed by atoms with Gasteiger partial charge in [0.2, 0.25) is 0 Å². The van der Waals surface area contributed by atoms with Crippen molar-refractivity contribution in [2.45, 2.75) is 6.29 Å². The summed E-state index contributed by atoms with van der Waals surface area (Å²) in [5.41, 5.74) is 0.325. The molecule has 0 saturated heterocycles. The van der Waals surface area contributed by atoms with Crippen molar-refractivity contribution in [1.29, 1.82) is 0 Å². The zero-order valence-corrected chi connectivity index (χ0v) is 11.3. The Labute approximate surface area is 124 Å². The Bertz CT molecular complexity index is 870. The molecule has 0 bridgehead atoms. The molecule has 2 heterocycles. The third-order valence-electron chi connectivity index (χ3n) is 3.18. The zero-order chi connectivity index (χ0) is 15.7. The van der Waals surface area contributed by atoms with Crippen LogP contribution in [0.4, 0.5) is 4.39 Å². The van der Waals surface area contributed by atoms with E-state index in [-0.39, 0.29) is 16.9 Å². The lowest BCUT2D eigenvalue weighted by atomic mass is 10.1. The standard InChI is InChI=1S/C15H12FN3O3/c16-11-4-2-1-3-10(11)12-8-14(20)19(18-12)13-7-9(15(21)22)5-6-17-13/h1-8,15,18,21-22H. The Hall–Kier alpha value is -2.77. The second kappa shape index (κ2) is 5.55. The summed E-state index contributed by atoms with van der Waals surface area (Å²) in [4.78, 5) is 16.0. The predicted octanol–water partition coefficient (Wildman–Crippen LogP) is 1.35. The van der Waals surface area contributed by atoms with E-state index in [2.05, 4.69) is 10.1 Å². The molecule has 0 spiro atoms. The summed E-state index contributed by atoms with van der Waals surface area (Å²) in [5.74, 6) is -0.276. The van der Waals surface area contributed by atoms with Gasteiger partial charge in [-0.05, 0) is 24.3 Å². The maximum atomic E-state index is 13.8. The molecule has 0 amide bonds. The highest BCUT2D eigenvalue weighted by Crippen LogP contribution is 2.20. The van der Waals surface area contributed by atoms with Crippen LogP contribution in [0.15, 0.2) is 53.5 Å². The molecule has 0 unspecified atom stereocenters. The van der Waals surface area contributed by atoms with Gasteiger partial charge < -0.3 is 10.2 Å². The lowest BCUT2D eigenvalue weighted by Crippen LogP contribution is -2.15. The number of nitrogens with zero attached hydrogens (tertiary/aromatic N) is 2. The molecule has 0 aliphatic rings. The topological polar surface area (TPSA) is 91.1 Å². The van der Waals surface area contributed by atoms with Crippen molar-refractivity contribution in [3.05, 3.63) is 70.4 Å². The molecule has 0 fully saturated rings. The Morgan fingerprint density at radius 1 is 1.18 bits per heavy atom. The highest BCUT2D eigenvalue weighted by molar-refractivity contribution is 5.59. The number of hydrogen-bond acceptors (Lipinski definition) is 4. The fraction of sp³-hybridized carbons (Fsp3) is 0.0667. The number of benzene rings is 1. The number of nitrogens with one attached hydrogen (secondary N) is 1. The number of aromatic amines is 1. The molecular formula is C15H12FN3O3. The molecule has 3 N–H and O–H groups in total. The van der Waals surface area contributed by atoms with E-state index in [1.54, 1.807) is 18.2 Å². The molecule has 22 heavy (non-hydrogen) atoms. The van der Waals surface area contributed by atoms with Crippen LogP contribution in [0.2, 0.25) is 0 Å². The Kier molecular flexibility index (Phi) is 3.58. The molecule has 112 valence electrons. The van der Waals surface area contributed by atoms with Gasteiger partial charge in [-0.3, -0.25) is 9.89 Å². The number of H-pyrrole nitrogens is 1. The van der Waals surface area contributed by atoms with Gasteiger partial charge in [0.15, 0.2) is 12.1 Å². The number of aromatic nitrogens is 3. The zero-order valence-electron chi connectivity index (χ0n) is 11.3. The molecule has 0 radical (unpaired) electrons. The number of hydrogen-bond donors (Lipinski definition) is 3. The summed E-state index contributed by atoms with van der Waals surface area (Å²) in [7, 11) is 0. The highest BCUT2D eigenvalue weighted by Gasteiger charge is 2.12. The molecule has 0 aliphatic heterocycles. The molecule has 2 aromatic heterocycles. The van der Waals surface area contributed by atoms with Crippen LogP contribution in [0.25, 0.3) is 17.1 Å². The van der Waals surface area contributed by atoms with Crippen molar-refractivity contribution in [1.82, 2.24) is 14.8 Å². The molecule has 3 aromatic rings. The van der Waals surface area contributed by atoms with Crippen molar-refractivity contribution in [3.63, 3.8) is 0 Å². The third kappa shape index (κ3) is 2.54. The van der Waals surface area contributed by atoms with Crippen molar-refractivity contribution in [2.75, 3.05) is 0 Å². The normalized spacial score (nSPS) is 11.1. The summed E-state index contributed by atoms with van der Waals surface area (Å²) < 4.78 is 14.9. The van der Waals surface area contributed by atoms with Crippen molar-refractivity contribution in [2.24, 2.45) is 0 Å². The Morgan fingerprint density at radius 3 is 2.68 bits per heavy atom. The van der Waals surface area contributed by atoms with Crippen molar-refractivity contribution in [3.8, 4) is 17.1 Å². The largest absolute Gasteiger partial charge is 0.364 e. The fourth-order valence-corrected chi connectivity index (χ4v) is 2.10. The van der Waals surface area contributed by atoms with Gasteiger partial charge in [0.25, 0.3) is 5.56 Å². The second-order valence-electron chi connectivity index (χ2n) is 4.64. The molecule has 3 rings (SSSR count). The number of aliphatic hydroxyl groups excluding tert-OH is 1. The smallest absolute Gasteiger partial charge is 0.273 e. The molecule has 0 saturated carbocycles. The molecule has 6 nitrogen and oxygen atoms in total. The predicted molar refractivity (Wildman–Crippen MR) is 76.8 cm³/mol. The Morgan fingerprint density at radius 2 is 1.95 bits per heavy atom. The minimum absolute atomic E-state index is 0.179. The van der Waals surface area contributed by atoms with Crippen molar-refractivity contribution >= 4 is 0 Å². The van der Waals surface area contributed by atoms with Crippen molar-refractivity contribution < 1.29 is 14.6 Å². The van der Waals surface area contributed by atoms with Crippen LogP contribution in [-0.2, 0) is 0 Å². The summed E-state index contributed by atoms with van der Waals surface area (Å²) in [6, 6.07) is 10.1. The van der Waals surface area contributed by atoms with Crippen LogP contribution in [0.3, 0.4) is 0 Å². The summed E-state index contributed by atoms with van der Waals surface area (Å²) >= 11 is 0. The van der Waals surface area contributed by atoms with E-state index < -0.39 is 17.7 Å². The van der Waals surface area contributed by atoms with E-state index in [0.29, 0.717) is 5.69 Å². The maximum absolute atomic E-state index is 13.8. The summed E-state index contributed by atoms with van der Waals surface area (Å²) in [6.07, 6.45) is -0.321. The van der Waals surface area contributed by atoms with Gasteiger partial charge >= 0.3 is 0 Å². The van der Waals surface area contributed by atoms with Crippen LogP contribution in [0, 0.1) is 5.82 Å². The molecular weight excluding hydrogens is 289 g/mol. The SMILES string of the molecule is O=c1cc(-c2ccccc2F)[nH]n1-c1cc(C(O)O)ccn1.